The fraction of sp³-hybridized carbons (Fsp3) is 0.182. The van der Waals surface area contributed by atoms with Crippen LogP contribution in [0, 0.1) is 5.82 Å². The van der Waals surface area contributed by atoms with Crippen LogP contribution in [0.15, 0.2) is 24.4 Å². The summed E-state index contributed by atoms with van der Waals surface area (Å²) in [5.74, 6) is 0.410. The number of halogens is 1. The Morgan fingerprint density at radius 1 is 1.39 bits per heavy atom. The van der Waals surface area contributed by atoms with Crippen molar-refractivity contribution in [3.05, 3.63) is 41.7 Å². The predicted octanol–water partition coefficient (Wildman–Crippen LogP) is 0.800. The van der Waals surface area contributed by atoms with E-state index in [2.05, 4.69) is 20.3 Å². The van der Waals surface area contributed by atoms with Gasteiger partial charge in [0.2, 0.25) is 0 Å². The van der Waals surface area contributed by atoms with Gasteiger partial charge in [0.1, 0.15) is 18.2 Å². The zero-order valence-corrected chi connectivity index (χ0v) is 9.47. The summed E-state index contributed by atoms with van der Waals surface area (Å²) in [6.07, 6.45) is 1.76. The van der Waals surface area contributed by atoms with E-state index < -0.39 is 0 Å². The third kappa shape index (κ3) is 1.95. The normalized spacial score (nSPS) is 11.2. The molecule has 3 N–H and O–H groups in total. The molecule has 0 aliphatic carbocycles. The number of hydrogen-bond donors (Lipinski definition) is 2. The third-order valence-corrected chi connectivity index (χ3v) is 2.60. The molecule has 0 unspecified atom stereocenters. The lowest BCUT2D eigenvalue weighted by atomic mass is 10.3. The number of nitrogens with two attached hydrogens (primary N) is 1. The van der Waals surface area contributed by atoms with Crippen LogP contribution in [0.3, 0.4) is 0 Å². The first-order chi connectivity index (χ1) is 8.74. The summed E-state index contributed by atoms with van der Waals surface area (Å²) in [5.41, 5.74) is 7.57. The Balaban J connectivity index is 1.90. The van der Waals surface area contributed by atoms with Crippen molar-refractivity contribution in [2.75, 3.05) is 0 Å². The number of rotatable bonds is 3. The Bertz CT molecular complexity index is 686. The molecule has 0 amide bonds. The molecule has 3 aromatic rings. The highest BCUT2D eigenvalue weighted by atomic mass is 19.1. The summed E-state index contributed by atoms with van der Waals surface area (Å²) in [6.45, 7) is 0.800. The lowest BCUT2D eigenvalue weighted by molar-refractivity contribution is 0.628. The molecule has 1 aromatic carbocycles. The molecule has 2 aromatic heterocycles. The topological polar surface area (TPSA) is 85.4 Å². The van der Waals surface area contributed by atoms with Crippen molar-refractivity contribution in [3.63, 3.8) is 0 Å². The molecular formula is C11H11FN6. The van der Waals surface area contributed by atoms with Gasteiger partial charge in [0.25, 0.3) is 0 Å². The molecule has 0 spiro atoms. The number of benzene rings is 1. The van der Waals surface area contributed by atoms with Crippen LogP contribution in [0.1, 0.15) is 11.5 Å². The summed E-state index contributed by atoms with van der Waals surface area (Å²) in [7, 11) is 0. The van der Waals surface area contributed by atoms with Gasteiger partial charge in [0.05, 0.1) is 22.9 Å². The van der Waals surface area contributed by atoms with Crippen LogP contribution in [0.25, 0.3) is 11.0 Å². The maximum Gasteiger partial charge on any atom is 0.129 e. The smallest absolute Gasteiger partial charge is 0.129 e. The fourth-order valence-electron chi connectivity index (χ4n) is 1.77. The van der Waals surface area contributed by atoms with Crippen LogP contribution in [0.5, 0.6) is 0 Å². The summed E-state index contributed by atoms with van der Waals surface area (Å²) >= 11 is 0. The van der Waals surface area contributed by atoms with Crippen LogP contribution in [0.2, 0.25) is 0 Å². The van der Waals surface area contributed by atoms with Gasteiger partial charge in [-0.2, -0.15) is 0 Å². The maximum absolute atomic E-state index is 13.0. The Kier molecular flexibility index (Phi) is 2.52. The monoisotopic (exact) mass is 246 g/mol. The summed E-state index contributed by atoms with van der Waals surface area (Å²) in [6, 6.07) is 4.44. The van der Waals surface area contributed by atoms with Crippen molar-refractivity contribution in [1.82, 2.24) is 25.0 Å². The highest BCUT2D eigenvalue weighted by Gasteiger charge is 2.06. The number of nitrogens with one attached hydrogen (secondary N) is 1. The van der Waals surface area contributed by atoms with Gasteiger partial charge in [-0.15, -0.1) is 5.10 Å². The second kappa shape index (κ2) is 4.19. The Morgan fingerprint density at radius 2 is 2.28 bits per heavy atom. The second-order valence-corrected chi connectivity index (χ2v) is 3.96. The van der Waals surface area contributed by atoms with E-state index >= 15 is 0 Å². The quantitative estimate of drug-likeness (QED) is 0.715. The molecular weight excluding hydrogens is 235 g/mol. The van der Waals surface area contributed by atoms with E-state index in [9.17, 15) is 4.39 Å². The van der Waals surface area contributed by atoms with Crippen molar-refractivity contribution in [2.45, 2.75) is 13.1 Å². The van der Waals surface area contributed by atoms with E-state index in [1.165, 1.54) is 12.1 Å². The van der Waals surface area contributed by atoms with E-state index in [-0.39, 0.29) is 5.82 Å². The number of nitrogens with zero attached hydrogens (tertiary/aromatic N) is 4. The SMILES string of the molecule is NCc1cn(Cc2nc3ccc(F)cc3[nH]2)nn1. The summed E-state index contributed by atoms with van der Waals surface area (Å²) in [5, 5.41) is 7.81. The van der Waals surface area contributed by atoms with Gasteiger partial charge < -0.3 is 10.7 Å². The molecule has 3 rings (SSSR count). The summed E-state index contributed by atoms with van der Waals surface area (Å²) in [4.78, 5) is 7.38. The number of aromatic amines is 1. The average molecular weight is 246 g/mol. The summed E-state index contributed by atoms with van der Waals surface area (Å²) < 4.78 is 14.7. The number of hydrogen-bond acceptors (Lipinski definition) is 4. The zero-order chi connectivity index (χ0) is 12.5. The lowest BCUT2D eigenvalue weighted by Gasteiger charge is -1.94. The van der Waals surface area contributed by atoms with Crippen molar-refractivity contribution >= 4 is 11.0 Å². The van der Waals surface area contributed by atoms with Gasteiger partial charge >= 0.3 is 0 Å². The Morgan fingerprint density at radius 3 is 3.06 bits per heavy atom. The number of H-pyrrole nitrogens is 1. The average Bonchev–Trinajstić information content (AvgIpc) is 2.95. The minimum absolute atomic E-state index is 0.288. The molecule has 0 atom stereocenters. The largest absolute Gasteiger partial charge is 0.340 e. The molecule has 6 nitrogen and oxygen atoms in total. The van der Waals surface area contributed by atoms with Crippen LogP contribution in [-0.4, -0.2) is 25.0 Å². The van der Waals surface area contributed by atoms with Gasteiger partial charge in [-0.25, -0.2) is 14.1 Å². The minimum Gasteiger partial charge on any atom is -0.340 e. The van der Waals surface area contributed by atoms with Crippen LogP contribution in [0.4, 0.5) is 4.39 Å². The minimum atomic E-state index is -0.288. The maximum atomic E-state index is 13.0. The van der Waals surface area contributed by atoms with Gasteiger partial charge in [-0.1, -0.05) is 5.21 Å². The van der Waals surface area contributed by atoms with E-state index in [1.807, 2.05) is 0 Å². The molecule has 0 saturated heterocycles. The first-order valence-corrected chi connectivity index (χ1v) is 5.48. The second-order valence-electron chi connectivity index (χ2n) is 3.96. The van der Waals surface area contributed by atoms with Crippen LogP contribution >= 0.6 is 0 Å². The van der Waals surface area contributed by atoms with E-state index in [0.29, 0.717) is 24.4 Å². The van der Waals surface area contributed by atoms with Crippen LogP contribution in [-0.2, 0) is 13.1 Å². The highest BCUT2D eigenvalue weighted by molar-refractivity contribution is 5.74. The number of fused-ring (bicyclic) bond motifs is 1. The first kappa shape index (κ1) is 10.8. The van der Waals surface area contributed by atoms with Crippen molar-refractivity contribution in [2.24, 2.45) is 5.73 Å². The fourth-order valence-corrected chi connectivity index (χ4v) is 1.77. The standard InChI is InChI=1S/C11H11FN6/c12-7-1-2-9-10(3-7)15-11(14-9)6-18-5-8(4-13)16-17-18/h1-3,5H,4,6,13H2,(H,14,15). The molecule has 18 heavy (non-hydrogen) atoms. The van der Waals surface area contributed by atoms with Gasteiger partial charge in [-0.3, -0.25) is 0 Å². The molecule has 0 radical (unpaired) electrons. The van der Waals surface area contributed by atoms with Crippen LogP contribution < -0.4 is 5.73 Å². The van der Waals surface area contributed by atoms with Crippen molar-refractivity contribution in [3.8, 4) is 0 Å². The lowest BCUT2D eigenvalue weighted by Crippen LogP contribution is -2.02. The van der Waals surface area contributed by atoms with E-state index in [4.69, 9.17) is 5.73 Å². The first-order valence-electron chi connectivity index (χ1n) is 5.48. The Labute approximate surface area is 102 Å². The molecule has 92 valence electrons. The van der Waals surface area contributed by atoms with Gasteiger partial charge in [0, 0.05) is 6.54 Å². The molecule has 0 aliphatic heterocycles. The molecule has 0 saturated carbocycles. The molecule has 0 fully saturated rings. The molecule has 7 heteroatoms. The number of imidazole rings is 1. The molecule has 2 heterocycles. The Hall–Kier alpha value is -2.28. The van der Waals surface area contributed by atoms with Crippen molar-refractivity contribution in [1.29, 1.82) is 0 Å². The third-order valence-electron chi connectivity index (χ3n) is 2.60. The van der Waals surface area contributed by atoms with Crippen molar-refractivity contribution < 1.29 is 4.39 Å². The molecule has 0 aliphatic rings. The van der Waals surface area contributed by atoms with Gasteiger partial charge in [-0.05, 0) is 18.2 Å². The predicted molar refractivity (Wildman–Crippen MR) is 63.1 cm³/mol. The van der Waals surface area contributed by atoms with Gasteiger partial charge in [0.15, 0.2) is 0 Å². The van der Waals surface area contributed by atoms with E-state index in [0.717, 1.165) is 11.2 Å². The zero-order valence-electron chi connectivity index (χ0n) is 9.47. The van der Waals surface area contributed by atoms with E-state index in [1.54, 1.807) is 16.9 Å². The molecule has 0 bridgehead atoms. The highest BCUT2D eigenvalue weighted by Crippen LogP contribution is 2.13. The number of aromatic nitrogens is 5.